The number of H-pyrrole nitrogens is 1. The molecule has 26 heavy (non-hydrogen) atoms. The number of nitrogens with one attached hydrogen (secondary N) is 2. The molecule has 1 aliphatic rings. The van der Waals surface area contributed by atoms with Crippen molar-refractivity contribution in [3.05, 3.63) is 77.0 Å². The third kappa shape index (κ3) is 3.82. The van der Waals surface area contributed by atoms with Gasteiger partial charge in [-0.25, -0.2) is 4.98 Å². The largest absolute Gasteiger partial charge is 0.378 e. The van der Waals surface area contributed by atoms with Crippen LogP contribution < -0.4 is 5.32 Å². The van der Waals surface area contributed by atoms with E-state index in [0.717, 1.165) is 17.8 Å². The summed E-state index contributed by atoms with van der Waals surface area (Å²) in [6.07, 6.45) is 6.85. The Hall–Kier alpha value is -2.95. The lowest BCUT2D eigenvalue weighted by atomic mass is 10.1. The summed E-state index contributed by atoms with van der Waals surface area (Å²) in [5.41, 5.74) is 6.38. The van der Waals surface area contributed by atoms with Gasteiger partial charge in [0.05, 0.1) is 6.04 Å². The fourth-order valence-corrected chi connectivity index (χ4v) is 2.97. The lowest BCUT2D eigenvalue weighted by Gasteiger charge is -2.16. The van der Waals surface area contributed by atoms with Gasteiger partial charge in [0.15, 0.2) is 5.82 Å². The van der Waals surface area contributed by atoms with Crippen LogP contribution in [0.3, 0.4) is 0 Å². The van der Waals surface area contributed by atoms with E-state index in [1.54, 1.807) is 12.4 Å². The predicted molar refractivity (Wildman–Crippen MR) is 102 cm³/mol. The molecule has 0 bridgehead atoms. The number of nitrogens with zero attached hydrogens (tertiary/aromatic N) is 3. The predicted octanol–water partition coefficient (Wildman–Crippen LogP) is 4.12. The van der Waals surface area contributed by atoms with E-state index < -0.39 is 0 Å². The molecule has 1 fully saturated rings. The summed E-state index contributed by atoms with van der Waals surface area (Å²) < 4.78 is 0. The summed E-state index contributed by atoms with van der Waals surface area (Å²) in [6, 6.07) is 12.7. The number of rotatable bonds is 6. The monoisotopic (exact) mass is 345 g/mol. The first-order valence-electron chi connectivity index (χ1n) is 9.05. The van der Waals surface area contributed by atoms with Crippen LogP contribution in [0.25, 0.3) is 11.4 Å². The average Bonchev–Trinajstić information content (AvgIpc) is 3.39. The van der Waals surface area contributed by atoms with Crippen LogP contribution in [-0.4, -0.2) is 20.2 Å². The summed E-state index contributed by atoms with van der Waals surface area (Å²) in [4.78, 5) is 8.77. The van der Waals surface area contributed by atoms with Crippen molar-refractivity contribution in [2.24, 2.45) is 0 Å². The highest BCUT2D eigenvalue weighted by Crippen LogP contribution is 2.33. The zero-order valence-electron chi connectivity index (χ0n) is 15.2. The maximum absolute atomic E-state index is 4.64. The second-order valence-corrected chi connectivity index (χ2v) is 6.90. The molecule has 2 aromatic heterocycles. The molecule has 0 amide bonds. The Morgan fingerprint density at radius 1 is 1.19 bits per heavy atom. The number of aromatic amines is 1. The van der Waals surface area contributed by atoms with E-state index in [1.165, 1.54) is 35.2 Å². The van der Waals surface area contributed by atoms with Crippen molar-refractivity contribution >= 4 is 0 Å². The van der Waals surface area contributed by atoms with Crippen LogP contribution in [0.4, 0.5) is 0 Å². The minimum absolute atomic E-state index is 0.0708. The van der Waals surface area contributed by atoms with E-state index in [-0.39, 0.29) is 6.04 Å². The van der Waals surface area contributed by atoms with E-state index in [4.69, 9.17) is 0 Å². The summed E-state index contributed by atoms with van der Waals surface area (Å²) in [5, 5.41) is 11.1. The highest BCUT2D eigenvalue weighted by atomic mass is 15.2. The maximum Gasteiger partial charge on any atom is 0.182 e. The molecule has 2 heterocycles. The third-order valence-corrected chi connectivity index (χ3v) is 4.65. The number of hydrogen-bond acceptors (Lipinski definition) is 4. The molecule has 1 aromatic carbocycles. The van der Waals surface area contributed by atoms with Crippen molar-refractivity contribution in [2.75, 3.05) is 0 Å². The Morgan fingerprint density at radius 2 is 2.00 bits per heavy atom. The quantitative estimate of drug-likeness (QED) is 0.705. The van der Waals surface area contributed by atoms with Gasteiger partial charge in [-0.3, -0.25) is 10.1 Å². The number of pyridine rings is 1. The summed E-state index contributed by atoms with van der Waals surface area (Å²) >= 11 is 0. The molecule has 4 rings (SSSR count). The molecule has 0 aliphatic heterocycles. The fourth-order valence-electron chi connectivity index (χ4n) is 2.97. The van der Waals surface area contributed by atoms with E-state index in [9.17, 15) is 0 Å². The molecule has 0 radical (unpaired) electrons. The Morgan fingerprint density at radius 3 is 2.69 bits per heavy atom. The van der Waals surface area contributed by atoms with Crippen LogP contribution in [0.15, 0.2) is 60.1 Å². The molecule has 5 heteroatoms. The molecular formula is C21H23N5. The van der Waals surface area contributed by atoms with Gasteiger partial charge in [0.1, 0.15) is 5.82 Å². The second kappa shape index (κ2) is 7.12. The topological polar surface area (TPSA) is 66.5 Å². The van der Waals surface area contributed by atoms with E-state index in [1.807, 2.05) is 12.1 Å². The van der Waals surface area contributed by atoms with Crippen molar-refractivity contribution < 1.29 is 0 Å². The van der Waals surface area contributed by atoms with Gasteiger partial charge in [-0.15, -0.1) is 0 Å². The Bertz CT molecular complexity index is 903. The van der Waals surface area contributed by atoms with Crippen molar-refractivity contribution in [2.45, 2.75) is 39.2 Å². The number of aromatic nitrogens is 4. The Balaban J connectivity index is 1.48. The highest BCUT2D eigenvalue weighted by Gasteiger charge is 2.21. The molecule has 1 unspecified atom stereocenters. The lowest BCUT2D eigenvalue weighted by molar-refractivity contribution is 0.603. The van der Waals surface area contributed by atoms with Crippen molar-refractivity contribution in [1.29, 1.82) is 0 Å². The molecule has 132 valence electrons. The van der Waals surface area contributed by atoms with Crippen LogP contribution in [0.1, 0.15) is 42.8 Å². The van der Waals surface area contributed by atoms with Gasteiger partial charge in [0.25, 0.3) is 0 Å². The first kappa shape index (κ1) is 16.5. The van der Waals surface area contributed by atoms with Gasteiger partial charge in [-0.05, 0) is 44.4 Å². The SMILES string of the molecule is Cc1ccc(CC(NC(C)c2nc(-c3cccnc3)n[nH]2)=C2CC2)cc1. The number of aryl methyl sites for hydroxylation is 1. The molecule has 0 spiro atoms. The molecule has 1 saturated carbocycles. The lowest BCUT2D eigenvalue weighted by Crippen LogP contribution is -2.21. The van der Waals surface area contributed by atoms with E-state index in [0.29, 0.717) is 5.82 Å². The van der Waals surface area contributed by atoms with Gasteiger partial charge in [-0.1, -0.05) is 35.4 Å². The standard InChI is InChI=1S/C21H23N5/c1-14-5-7-16(8-6-14)12-19(17-9-10-17)23-15(2)20-24-21(26-25-20)18-4-3-11-22-13-18/h3-8,11,13,15,23H,9-10,12H2,1-2H3,(H,24,25,26). The molecule has 2 N–H and O–H groups in total. The molecule has 1 aliphatic carbocycles. The minimum Gasteiger partial charge on any atom is -0.378 e. The zero-order chi connectivity index (χ0) is 17.9. The van der Waals surface area contributed by atoms with Crippen molar-refractivity contribution in [3.63, 3.8) is 0 Å². The fraction of sp³-hybridized carbons (Fsp3) is 0.286. The first-order valence-corrected chi connectivity index (χ1v) is 9.05. The van der Waals surface area contributed by atoms with Gasteiger partial charge in [-0.2, -0.15) is 5.10 Å². The minimum atomic E-state index is 0.0708. The smallest absolute Gasteiger partial charge is 0.182 e. The Labute approximate surface area is 153 Å². The van der Waals surface area contributed by atoms with Crippen LogP contribution in [0.2, 0.25) is 0 Å². The van der Waals surface area contributed by atoms with Gasteiger partial charge >= 0.3 is 0 Å². The van der Waals surface area contributed by atoms with Gasteiger partial charge in [0.2, 0.25) is 0 Å². The summed E-state index contributed by atoms with van der Waals surface area (Å²) in [6.45, 7) is 4.24. The van der Waals surface area contributed by atoms with Crippen LogP contribution in [-0.2, 0) is 6.42 Å². The number of benzene rings is 1. The van der Waals surface area contributed by atoms with E-state index >= 15 is 0 Å². The van der Waals surface area contributed by atoms with Gasteiger partial charge in [0, 0.05) is 30.1 Å². The third-order valence-electron chi connectivity index (χ3n) is 4.65. The van der Waals surface area contributed by atoms with Crippen molar-refractivity contribution in [1.82, 2.24) is 25.5 Å². The number of hydrogen-bond donors (Lipinski definition) is 2. The second-order valence-electron chi connectivity index (χ2n) is 6.90. The highest BCUT2D eigenvalue weighted by molar-refractivity contribution is 5.52. The van der Waals surface area contributed by atoms with Gasteiger partial charge < -0.3 is 5.32 Å². The molecular weight excluding hydrogens is 322 g/mol. The van der Waals surface area contributed by atoms with Crippen LogP contribution in [0, 0.1) is 6.92 Å². The molecule has 5 nitrogen and oxygen atoms in total. The zero-order valence-corrected chi connectivity index (χ0v) is 15.2. The molecule has 3 aromatic rings. The normalized spacial score (nSPS) is 14.2. The van der Waals surface area contributed by atoms with Crippen molar-refractivity contribution in [3.8, 4) is 11.4 Å². The summed E-state index contributed by atoms with van der Waals surface area (Å²) in [7, 11) is 0. The maximum atomic E-state index is 4.64. The summed E-state index contributed by atoms with van der Waals surface area (Å²) in [5.74, 6) is 1.52. The van der Waals surface area contributed by atoms with E-state index in [2.05, 4.69) is 63.6 Å². The average molecular weight is 345 g/mol. The Kier molecular flexibility index (Phi) is 4.52. The molecule has 1 atom stereocenters. The number of allylic oxidation sites excluding steroid dienone is 2. The van der Waals surface area contributed by atoms with Crippen LogP contribution >= 0.6 is 0 Å². The molecule has 0 saturated heterocycles. The first-order chi connectivity index (χ1) is 12.7. The van der Waals surface area contributed by atoms with Crippen LogP contribution in [0.5, 0.6) is 0 Å².